The fourth-order valence-electron chi connectivity index (χ4n) is 4.22. The number of piperazine rings is 1. The zero-order valence-electron chi connectivity index (χ0n) is 15.8. The molecule has 1 saturated carbocycles. The lowest BCUT2D eigenvalue weighted by molar-refractivity contribution is -0.136. The number of carbonyl (C=O) groups is 2. The van der Waals surface area contributed by atoms with E-state index in [4.69, 9.17) is 0 Å². The second kappa shape index (κ2) is 11.3. The van der Waals surface area contributed by atoms with E-state index in [-0.39, 0.29) is 42.7 Å². The maximum atomic E-state index is 12.5. The van der Waals surface area contributed by atoms with E-state index < -0.39 is 0 Å². The summed E-state index contributed by atoms with van der Waals surface area (Å²) in [5.41, 5.74) is 0. The molecule has 3 aliphatic rings. The molecule has 0 aromatic rings. The van der Waals surface area contributed by atoms with E-state index in [0.29, 0.717) is 12.6 Å². The highest BCUT2D eigenvalue weighted by molar-refractivity contribution is 5.85. The lowest BCUT2D eigenvalue weighted by Gasteiger charge is -2.37. The van der Waals surface area contributed by atoms with Gasteiger partial charge in [0.25, 0.3) is 0 Å². The van der Waals surface area contributed by atoms with Crippen molar-refractivity contribution in [2.75, 3.05) is 46.3 Å². The number of carbonyl (C=O) groups excluding carboxylic acids is 2. The van der Waals surface area contributed by atoms with Gasteiger partial charge >= 0.3 is 0 Å². The molecule has 8 heteroatoms. The first-order valence-corrected chi connectivity index (χ1v) is 9.65. The minimum Gasteiger partial charge on any atom is -0.342 e. The van der Waals surface area contributed by atoms with E-state index in [9.17, 15) is 9.59 Å². The summed E-state index contributed by atoms with van der Waals surface area (Å²) in [5, 5.41) is 3.28. The number of amides is 2. The fraction of sp³-hybridized carbons (Fsp3) is 0.889. The first-order chi connectivity index (χ1) is 11.6. The van der Waals surface area contributed by atoms with Crippen LogP contribution in [0, 0.1) is 0 Å². The van der Waals surface area contributed by atoms with Crippen molar-refractivity contribution in [2.45, 2.75) is 57.0 Å². The molecule has 2 aliphatic heterocycles. The van der Waals surface area contributed by atoms with Gasteiger partial charge in [0.1, 0.15) is 0 Å². The van der Waals surface area contributed by atoms with Crippen LogP contribution in [-0.2, 0) is 9.59 Å². The first kappa shape index (κ1) is 23.5. The smallest absolute Gasteiger partial charge is 0.239 e. The molecule has 3 fully saturated rings. The number of halogens is 2. The summed E-state index contributed by atoms with van der Waals surface area (Å²) < 4.78 is 0. The van der Waals surface area contributed by atoms with Crippen molar-refractivity contribution in [3.05, 3.63) is 0 Å². The molecule has 1 aliphatic carbocycles. The molecule has 0 aromatic carbocycles. The Hall–Kier alpha value is -0.560. The van der Waals surface area contributed by atoms with Gasteiger partial charge in [-0.05, 0) is 32.2 Å². The minimum atomic E-state index is 0. The minimum absolute atomic E-state index is 0. The van der Waals surface area contributed by atoms with Gasteiger partial charge in [0.2, 0.25) is 11.8 Å². The van der Waals surface area contributed by atoms with Crippen molar-refractivity contribution in [3.63, 3.8) is 0 Å². The Morgan fingerprint density at radius 3 is 2.19 bits per heavy atom. The van der Waals surface area contributed by atoms with E-state index in [0.717, 1.165) is 58.4 Å². The van der Waals surface area contributed by atoms with Crippen LogP contribution in [0.4, 0.5) is 0 Å². The largest absolute Gasteiger partial charge is 0.342 e. The quantitative estimate of drug-likeness (QED) is 0.765. The fourth-order valence-corrected chi connectivity index (χ4v) is 4.22. The van der Waals surface area contributed by atoms with Crippen molar-refractivity contribution in [1.82, 2.24) is 20.0 Å². The third-order valence-corrected chi connectivity index (χ3v) is 5.92. The number of rotatable bonds is 4. The summed E-state index contributed by atoms with van der Waals surface area (Å²) in [6.45, 7) is 4.56. The van der Waals surface area contributed by atoms with Crippen LogP contribution in [0.2, 0.25) is 0 Å². The highest BCUT2D eigenvalue weighted by Crippen LogP contribution is 2.21. The van der Waals surface area contributed by atoms with Gasteiger partial charge in [-0.3, -0.25) is 14.5 Å². The zero-order valence-corrected chi connectivity index (χ0v) is 17.5. The Balaban J connectivity index is 0.00000169. The molecule has 3 rings (SSSR count). The third kappa shape index (κ3) is 5.98. The first-order valence-electron chi connectivity index (χ1n) is 9.65. The molecule has 0 radical (unpaired) electrons. The molecule has 2 heterocycles. The Morgan fingerprint density at radius 2 is 1.62 bits per heavy atom. The van der Waals surface area contributed by atoms with Crippen LogP contribution >= 0.6 is 24.8 Å². The maximum absolute atomic E-state index is 12.5. The van der Waals surface area contributed by atoms with Crippen molar-refractivity contribution >= 4 is 36.6 Å². The lowest BCUT2D eigenvalue weighted by Crippen LogP contribution is -2.55. The van der Waals surface area contributed by atoms with Gasteiger partial charge in [-0.2, -0.15) is 0 Å². The van der Waals surface area contributed by atoms with Gasteiger partial charge in [-0.1, -0.05) is 19.3 Å². The van der Waals surface area contributed by atoms with Crippen LogP contribution in [0.5, 0.6) is 0 Å². The number of hydrogen-bond acceptors (Lipinski definition) is 4. The Kier molecular flexibility index (Phi) is 10.2. The summed E-state index contributed by atoms with van der Waals surface area (Å²) >= 11 is 0. The van der Waals surface area contributed by atoms with Gasteiger partial charge in [-0.15, -0.1) is 24.8 Å². The maximum Gasteiger partial charge on any atom is 0.239 e. The van der Waals surface area contributed by atoms with Gasteiger partial charge in [0.15, 0.2) is 0 Å². The van der Waals surface area contributed by atoms with E-state index in [1.807, 2.05) is 16.8 Å². The highest BCUT2D eigenvalue weighted by atomic mass is 35.5. The van der Waals surface area contributed by atoms with Gasteiger partial charge in [-0.25, -0.2) is 0 Å². The van der Waals surface area contributed by atoms with E-state index in [1.54, 1.807) is 0 Å². The second-order valence-electron chi connectivity index (χ2n) is 7.55. The standard InChI is InChI=1S/C18H32N4O2.2ClH/c1-20(15-6-3-2-4-7-15)17(23)14-21-10-12-22(13-11-21)18(24)16-8-5-9-19-16;;/h15-16,19H,2-14H2,1H3;2*1H. The molecular weight excluding hydrogens is 375 g/mol. The van der Waals surface area contributed by atoms with E-state index in [1.165, 1.54) is 19.3 Å². The number of nitrogens with one attached hydrogen (secondary N) is 1. The second-order valence-corrected chi connectivity index (χ2v) is 7.55. The molecule has 0 spiro atoms. The highest BCUT2D eigenvalue weighted by Gasteiger charge is 2.30. The number of nitrogens with zero attached hydrogens (tertiary/aromatic N) is 3. The Morgan fingerprint density at radius 1 is 0.962 bits per heavy atom. The van der Waals surface area contributed by atoms with Crippen molar-refractivity contribution in [1.29, 1.82) is 0 Å². The monoisotopic (exact) mass is 408 g/mol. The summed E-state index contributed by atoms with van der Waals surface area (Å²) in [5.74, 6) is 0.483. The number of likely N-dealkylation sites (N-methyl/N-ethyl adjacent to an activating group) is 1. The van der Waals surface area contributed by atoms with E-state index in [2.05, 4.69) is 10.2 Å². The van der Waals surface area contributed by atoms with Crippen LogP contribution in [0.1, 0.15) is 44.9 Å². The molecular formula is C18H34Cl2N4O2. The molecule has 1 atom stereocenters. The Labute approximate surface area is 169 Å². The van der Waals surface area contributed by atoms with Crippen molar-refractivity contribution < 1.29 is 9.59 Å². The van der Waals surface area contributed by atoms with Crippen molar-refractivity contribution in [2.24, 2.45) is 0 Å². The lowest BCUT2D eigenvalue weighted by atomic mass is 9.94. The summed E-state index contributed by atoms with van der Waals surface area (Å²) in [6.07, 6.45) is 8.17. The molecule has 2 saturated heterocycles. The number of hydrogen-bond donors (Lipinski definition) is 1. The van der Waals surface area contributed by atoms with Crippen LogP contribution in [0.25, 0.3) is 0 Å². The average molecular weight is 409 g/mol. The van der Waals surface area contributed by atoms with Crippen LogP contribution in [0.15, 0.2) is 0 Å². The van der Waals surface area contributed by atoms with Gasteiger partial charge in [0, 0.05) is 39.3 Å². The summed E-state index contributed by atoms with van der Waals surface area (Å²) in [6, 6.07) is 0.457. The molecule has 152 valence electrons. The van der Waals surface area contributed by atoms with Gasteiger partial charge < -0.3 is 15.1 Å². The molecule has 1 unspecified atom stereocenters. The van der Waals surface area contributed by atoms with Crippen LogP contribution in [0.3, 0.4) is 0 Å². The SMILES string of the molecule is CN(C(=O)CN1CCN(C(=O)C2CCCN2)CC1)C1CCCCC1.Cl.Cl. The normalized spacial score (nSPS) is 24.5. The van der Waals surface area contributed by atoms with Crippen LogP contribution < -0.4 is 5.32 Å². The third-order valence-electron chi connectivity index (χ3n) is 5.92. The van der Waals surface area contributed by atoms with Gasteiger partial charge in [0.05, 0.1) is 12.6 Å². The predicted octanol–water partition coefficient (Wildman–Crippen LogP) is 1.52. The molecule has 26 heavy (non-hydrogen) atoms. The summed E-state index contributed by atoms with van der Waals surface area (Å²) in [7, 11) is 1.96. The average Bonchev–Trinajstić information content (AvgIpc) is 3.16. The molecule has 1 N–H and O–H groups in total. The van der Waals surface area contributed by atoms with E-state index >= 15 is 0 Å². The molecule has 0 bridgehead atoms. The van der Waals surface area contributed by atoms with Crippen molar-refractivity contribution in [3.8, 4) is 0 Å². The molecule has 2 amide bonds. The zero-order chi connectivity index (χ0) is 16.9. The molecule has 0 aromatic heterocycles. The topological polar surface area (TPSA) is 55.9 Å². The Bertz CT molecular complexity index is 446. The predicted molar refractivity (Wildman–Crippen MR) is 108 cm³/mol. The molecule has 6 nitrogen and oxygen atoms in total. The summed E-state index contributed by atoms with van der Waals surface area (Å²) in [4.78, 5) is 31.1. The van der Waals surface area contributed by atoms with Crippen LogP contribution in [-0.4, -0.2) is 84.9 Å².